The number of hydrogen-bond donors (Lipinski definition) is 2. The van der Waals surface area contributed by atoms with Crippen molar-refractivity contribution in [1.82, 2.24) is 20.4 Å². The fraction of sp³-hybridized carbons (Fsp3) is 0.625. The molecule has 1 aromatic rings. The summed E-state index contributed by atoms with van der Waals surface area (Å²) in [5, 5.41) is 5.94. The molecule has 1 fully saturated rings. The number of hydrogen-bond acceptors (Lipinski definition) is 4. The molecule has 3 amide bonds. The smallest absolute Gasteiger partial charge is 0.249 e. The van der Waals surface area contributed by atoms with E-state index in [1.54, 1.807) is 4.90 Å². The minimum atomic E-state index is -0.691. The summed E-state index contributed by atoms with van der Waals surface area (Å²) in [7, 11) is 4.03. The number of rotatable bonds is 10. The molecule has 1 aliphatic heterocycles. The number of likely N-dealkylation sites (tertiary alicyclic amines) is 1. The Kier molecular flexibility index (Phi) is 9.98. The van der Waals surface area contributed by atoms with Crippen LogP contribution in [0.3, 0.4) is 0 Å². The van der Waals surface area contributed by atoms with E-state index in [1.165, 1.54) is 0 Å². The average Bonchev–Trinajstić information content (AvgIpc) is 2.74. The van der Waals surface area contributed by atoms with Crippen molar-refractivity contribution in [1.29, 1.82) is 0 Å². The van der Waals surface area contributed by atoms with Crippen molar-refractivity contribution in [2.24, 2.45) is 11.8 Å². The van der Waals surface area contributed by atoms with Gasteiger partial charge in [-0.05, 0) is 51.4 Å². The van der Waals surface area contributed by atoms with E-state index < -0.39 is 6.04 Å². The summed E-state index contributed by atoms with van der Waals surface area (Å²) in [5.41, 5.74) is 0.783. The monoisotopic (exact) mass is 430 g/mol. The first-order chi connectivity index (χ1) is 14.8. The molecular formula is C24H38N4O3. The molecular weight excluding hydrogens is 392 g/mol. The predicted octanol–water partition coefficient (Wildman–Crippen LogP) is 2.20. The van der Waals surface area contributed by atoms with Crippen LogP contribution in [0, 0.1) is 11.8 Å². The molecule has 1 heterocycles. The number of benzene rings is 1. The normalized spacial score (nSPS) is 15.7. The van der Waals surface area contributed by atoms with Gasteiger partial charge in [0, 0.05) is 32.0 Å². The lowest BCUT2D eigenvalue weighted by Crippen LogP contribution is -2.48. The molecule has 1 aromatic carbocycles. The summed E-state index contributed by atoms with van der Waals surface area (Å²) >= 11 is 0. The van der Waals surface area contributed by atoms with Crippen molar-refractivity contribution < 1.29 is 14.4 Å². The molecule has 1 atom stereocenters. The Morgan fingerprint density at radius 1 is 1.10 bits per heavy atom. The first kappa shape index (κ1) is 24.9. The molecule has 1 saturated heterocycles. The Balaban J connectivity index is 1.92. The van der Waals surface area contributed by atoms with Crippen molar-refractivity contribution in [3.8, 4) is 0 Å². The van der Waals surface area contributed by atoms with E-state index in [4.69, 9.17) is 0 Å². The van der Waals surface area contributed by atoms with Crippen molar-refractivity contribution >= 4 is 17.7 Å². The van der Waals surface area contributed by atoms with Gasteiger partial charge >= 0.3 is 0 Å². The maximum absolute atomic E-state index is 13.3. The van der Waals surface area contributed by atoms with Gasteiger partial charge in [-0.3, -0.25) is 14.4 Å². The zero-order valence-corrected chi connectivity index (χ0v) is 19.4. The van der Waals surface area contributed by atoms with E-state index in [1.807, 2.05) is 58.3 Å². The fourth-order valence-corrected chi connectivity index (χ4v) is 3.82. The molecule has 0 bridgehead atoms. The van der Waals surface area contributed by atoms with Crippen molar-refractivity contribution in [3.63, 3.8) is 0 Å². The number of carbonyl (C=O) groups is 3. The molecule has 1 unspecified atom stereocenters. The number of carbonyl (C=O) groups excluding carboxylic acids is 3. The molecule has 0 radical (unpaired) electrons. The van der Waals surface area contributed by atoms with Crippen LogP contribution in [0.5, 0.6) is 0 Å². The van der Waals surface area contributed by atoms with Gasteiger partial charge in [-0.2, -0.15) is 0 Å². The molecule has 0 spiro atoms. The SMILES string of the molecule is CC(C)CC(=O)NC(C(=O)N1CCC(C(=O)NCCCN(C)C)CC1)c1ccccc1. The minimum Gasteiger partial charge on any atom is -0.356 e. The van der Waals surface area contributed by atoms with E-state index >= 15 is 0 Å². The van der Waals surface area contributed by atoms with Crippen molar-refractivity contribution in [2.75, 3.05) is 40.3 Å². The quantitative estimate of drug-likeness (QED) is 0.558. The van der Waals surface area contributed by atoms with Gasteiger partial charge in [0.25, 0.3) is 0 Å². The molecule has 31 heavy (non-hydrogen) atoms. The van der Waals surface area contributed by atoms with Crippen LogP contribution in [0.15, 0.2) is 30.3 Å². The van der Waals surface area contributed by atoms with E-state index in [0.29, 0.717) is 38.9 Å². The molecule has 7 nitrogen and oxygen atoms in total. The zero-order valence-electron chi connectivity index (χ0n) is 19.4. The van der Waals surface area contributed by atoms with E-state index in [-0.39, 0.29) is 29.6 Å². The summed E-state index contributed by atoms with van der Waals surface area (Å²) in [6.45, 7) is 6.63. The molecule has 172 valence electrons. The summed E-state index contributed by atoms with van der Waals surface area (Å²) in [6.07, 6.45) is 2.59. The highest BCUT2D eigenvalue weighted by Crippen LogP contribution is 2.22. The van der Waals surface area contributed by atoms with Gasteiger partial charge in [-0.15, -0.1) is 0 Å². The van der Waals surface area contributed by atoms with Crippen LogP contribution in [0.1, 0.15) is 51.1 Å². The maximum atomic E-state index is 13.3. The molecule has 7 heteroatoms. The van der Waals surface area contributed by atoms with Gasteiger partial charge in [-0.1, -0.05) is 44.2 Å². The van der Waals surface area contributed by atoms with Gasteiger partial charge in [0.05, 0.1) is 0 Å². The van der Waals surface area contributed by atoms with Crippen LogP contribution in [-0.2, 0) is 14.4 Å². The van der Waals surface area contributed by atoms with Gasteiger partial charge in [0.1, 0.15) is 6.04 Å². The first-order valence-corrected chi connectivity index (χ1v) is 11.3. The lowest BCUT2D eigenvalue weighted by atomic mass is 9.94. The van der Waals surface area contributed by atoms with Gasteiger partial charge in [0.2, 0.25) is 17.7 Å². The second-order valence-electron chi connectivity index (χ2n) is 9.06. The number of nitrogens with zero attached hydrogens (tertiary/aromatic N) is 2. The lowest BCUT2D eigenvalue weighted by Gasteiger charge is -2.34. The molecule has 2 N–H and O–H groups in total. The second kappa shape index (κ2) is 12.4. The van der Waals surface area contributed by atoms with Crippen LogP contribution < -0.4 is 10.6 Å². The van der Waals surface area contributed by atoms with Crippen LogP contribution in [0.2, 0.25) is 0 Å². The molecule has 2 rings (SSSR count). The standard InChI is InChI=1S/C24H38N4O3/c1-18(2)17-21(29)26-22(19-9-6-5-7-10-19)24(31)28-15-11-20(12-16-28)23(30)25-13-8-14-27(3)4/h5-7,9-10,18,20,22H,8,11-17H2,1-4H3,(H,25,30)(H,26,29). The van der Waals surface area contributed by atoms with Crippen molar-refractivity contribution in [3.05, 3.63) is 35.9 Å². The number of piperidine rings is 1. The van der Waals surface area contributed by atoms with E-state index in [0.717, 1.165) is 18.5 Å². The third kappa shape index (κ3) is 8.32. The topological polar surface area (TPSA) is 81.8 Å². The average molecular weight is 431 g/mol. The highest BCUT2D eigenvalue weighted by atomic mass is 16.2. The third-order valence-electron chi connectivity index (χ3n) is 5.54. The third-order valence-corrected chi connectivity index (χ3v) is 5.54. The van der Waals surface area contributed by atoms with Crippen LogP contribution >= 0.6 is 0 Å². The Bertz CT molecular complexity index is 713. The molecule has 0 aliphatic carbocycles. The lowest BCUT2D eigenvalue weighted by molar-refractivity contribution is -0.139. The Labute approximate surface area is 186 Å². The van der Waals surface area contributed by atoms with Crippen LogP contribution in [0.25, 0.3) is 0 Å². The highest BCUT2D eigenvalue weighted by molar-refractivity contribution is 5.89. The zero-order chi connectivity index (χ0) is 22.8. The fourth-order valence-electron chi connectivity index (χ4n) is 3.82. The number of nitrogens with one attached hydrogen (secondary N) is 2. The predicted molar refractivity (Wildman–Crippen MR) is 122 cm³/mol. The van der Waals surface area contributed by atoms with Crippen molar-refractivity contribution in [2.45, 2.75) is 45.6 Å². The second-order valence-corrected chi connectivity index (χ2v) is 9.06. The van der Waals surface area contributed by atoms with Crippen LogP contribution in [-0.4, -0.2) is 67.8 Å². The summed E-state index contributed by atoms with van der Waals surface area (Å²) in [5.74, 6) is 0.0145. The highest BCUT2D eigenvalue weighted by Gasteiger charge is 2.32. The number of amides is 3. The Hall–Kier alpha value is -2.41. The minimum absolute atomic E-state index is 0.0610. The summed E-state index contributed by atoms with van der Waals surface area (Å²) in [4.78, 5) is 42.0. The van der Waals surface area contributed by atoms with Gasteiger partial charge < -0.3 is 20.4 Å². The Morgan fingerprint density at radius 3 is 2.32 bits per heavy atom. The van der Waals surface area contributed by atoms with Gasteiger partial charge in [-0.25, -0.2) is 0 Å². The maximum Gasteiger partial charge on any atom is 0.249 e. The molecule has 1 aliphatic rings. The van der Waals surface area contributed by atoms with E-state index in [2.05, 4.69) is 15.5 Å². The van der Waals surface area contributed by atoms with Crippen LogP contribution in [0.4, 0.5) is 0 Å². The molecule has 0 saturated carbocycles. The van der Waals surface area contributed by atoms with E-state index in [9.17, 15) is 14.4 Å². The van der Waals surface area contributed by atoms with Gasteiger partial charge in [0.15, 0.2) is 0 Å². The Morgan fingerprint density at radius 2 is 1.74 bits per heavy atom. The largest absolute Gasteiger partial charge is 0.356 e. The molecule has 0 aromatic heterocycles. The summed E-state index contributed by atoms with van der Waals surface area (Å²) in [6, 6.07) is 8.68. The first-order valence-electron chi connectivity index (χ1n) is 11.3. The summed E-state index contributed by atoms with van der Waals surface area (Å²) < 4.78 is 0.